The lowest BCUT2D eigenvalue weighted by Crippen LogP contribution is -2.39. The molecule has 1 aliphatic heterocycles. The number of carbonyl (C=O) groups excluding carboxylic acids is 2. The Balaban J connectivity index is 2.21. The topological polar surface area (TPSA) is 49.4 Å². The SMILES string of the molecule is O=C1NC(=O)C2(CCc3ccccc32)N1Br. The number of amides is 3. The molecule has 2 aliphatic rings. The van der Waals surface area contributed by atoms with Gasteiger partial charge in [-0.3, -0.25) is 10.1 Å². The summed E-state index contributed by atoms with van der Waals surface area (Å²) < 4.78 is 1.34. The van der Waals surface area contributed by atoms with Crippen LogP contribution in [0.5, 0.6) is 0 Å². The first-order valence-electron chi connectivity index (χ1n) is 5.06. The molecule has 4 nitrogen and oxygen atoms in total. The van der Waals surface area contributed by atoms with Gasteiger partial charge in [-0.15, -0.1) is 0 Å². The zero-order valence-corrected chi connectivity index (χ0v) is 9.95. The van der Waals surface area contributed by atoms with Gasteiger partial charge in [0.1, 0.15) is 0 Å². The summed E-state index contributed by atoms with van der Waals surface area (Å²) in [5, 5.41) is 2.34. The maximum atomic E-state index is 12.0. The predicted octanol–water partition coefficient (Wildman–Crippen LogP) is 1.69. The minimum Gasteiger partial charge on any atom is -0.275 e. The van der Waals surface area contributed by atoms with E-state index in [-0.39, 0.29) is 11.9 Å². The summed E-state index contributed by atoms with van der Waals surface area (Å²) in [6, 6.07) is 7.37. The van der Waals surface area contributed by atoms with Crippen LogP contribution in [-0.4, -0.2) is 15.9 Å². The molecule has 1 aromatic rings. The Labute approximate surface area is 101 Å². The molecule has 16 heavy (non-hydrogen) atoms. The number of benzene rings is 1. The molecule has 1 saturated heterocycles. The van der Waals surface area contributed by atoms with Crippen molar-refractivity contribution in [3.8, 4) is 0 Å². The summed E-state index contributed by atoms with van der Waals surface area (Å²) in [4.78, 5) is 23.5. The highest BCUT2D eigenvalue weighted by molar-refractivity contribution is 9.07. The highest BCUT2D eigenvalue weighted by Gasteiger charge is 2.56. The standard InChI is InChI=1S/C11H9BrN2O2/c12-14-10(16)13-9(15)11(14)6-5-7-3-1-2-4-8(7)11/h1-4H,5-6H2,(H,13,15,16). The van der Waals surface area contributed by atoms with Gasteiger partial charge in [-0.05, 0) is 24.0 Å². The summed E-state index contributed by atoms with van der Waals surface area (Å²) in [5.74, 6) is -0.237. The van der Waals surface area contributed by atoms with Crippen molar-refractivity contribution in [3.05, 3.63) is 35.4 Å². The predicted molar refractivity (Wildman–Crippen MR) is 60.7 cm³/mol. The first-order chi connectivity index (χ1) is 7.66. The minimum atomic E-state index is -0.840. The number of rotatable bonds is 0. The summed E-state index contributed by atoms with van der Waals surface area (Å²) in [6.45, 7) is 0. The van der Waals surface area contributed by atoms with Gasteiger partial charge in [0.15, 0.2) is 5.54 Å². The molecule has 1 spiro atoms. The number of hydrogen-bond donors (Lipinski definition) is 1. The molecule has 1 heterocycles. The monoisotopic (exact) mass is 280 g/mol. The van der Waals surface area contributed by atoms with Crippen molar-refractivity contribution >= 4 is 28.1 Å². The molecule has 1 aromatic carbocycles. The van der Waals surface area contributed by atoms with Gasteiger partial charge in [0.05, 0.1) is 16.1 Å². The van der Waals surface area contributed by atoms with Gasteiger partial charge in [0, 0.05) is 0 Å². The highest BCUT2D eigenvalue weighted by atomic mass is 79.9. The quantitative estimate of drug-likeness (QED) is 0.581. The van der Waals surface area contributed by atoms with Crippen LogP contribution < -0.4 is 5.32 Å². The molecular weight excluding hydrogens is 272 g/mol. The number of carbonyl (C=O) groups is 2. The van der Waals surface area contributed by atoms with E-state index in [1.807, 2.05) is 24.3 Å². The average molecular weight is 281 g/mol. The second kappa shape index (κ2) is 3.07. The molecule has 82 valence electrons. The molecule has 0 saturated carbocycles. The van der Waals surface area contributed by atoms with E-state index in [9.17, 15) is 9.59 Å². The van der Waals surface area contributed by atoms with Gasteiger partial charge in [-0.1, -0.05) is 24.3 Å². The van der Waals surface area contributed by atoms with Crippen LogP contribution in [-0.2, 0) is 16.8 Å². The van der Waals surface area contributed by atoms with Crippen LogP contribution in [0.4, 0.5) is 4.79 Å². The molecule has 1 unspecified atom stereocenters. The van der Waals surface area contributed by atoms with E-state index in [2.05, 4.69) is 21.5 Å². The number of halogens is 1. The molecule has 5 heteroatoms. The van der Waals surface area contributed by atoms with Crippen molar-refractivity contribution < 1.29 is 9.59 Å². The highest BCUT2D eigenvalue weighted by Crippen LogP contribution is 2.45. The normalized spacial score (nSPS) is 27.4. The zero-order valence-electron chi connectivity index (χ0n) is 8.37. The lowest BCUT2D eigenvalue weighted by molar-refractivity contribution is -0.125. The maximum Gasteiger partial charge on any atom is 0.335 e. The lowest BCUT2D eigenvalue weighted by Gasteiger charge is -2.26. The van der Waals surface area contributed by atoms with E-state index < -0.39 is 5.54 Å². The van der Waals surface area contributed by atoms with Gasteiger partial charge >= 0.3 is 6.03 Å². The Hall–Kier alpha value is -1.36. The number of nitrogens with one attached hydrogen (secondary N) is 1. The molecule has 1 aliphatic carbocycles. The Morgan fingerprint density at radius 1 is 1.31 bits per heavy atom. The van der Waals surface area contributed by atoms with Crippen LogP contribution in [0.1, 0.15) is 17.5 Å². The van der Waals surface area contributed by atoms with Crippen molar-refractivity contribution in [1.29, 1.82) is 0 Å². The van der Waals surface area contributed by atoms with E-state index >= 15 is 0 Å². The molecule has 1 atom stereocenters. The second-order valence-corrected chi connectivity index (χ2v) is 4.77. The fourth-order valence-electron chi connectivity index (χ4n) is 2.54. The van der Waals surface area contributed by atoms with Crippen LogP contribution in [0.2, 0.25) is 0 Å². The smallest absolute Gasteiger partial charge is 0.275 e. The largest absolute Gasteiger partial charge is 0.335 e. The molecule has 0 radical (unpaired) electrons. The van der Waals surface area contributed by atoms with Crippen molar-refractivity contribution in [2.45, 2.75) is 18.4 Å². The molecular formula is C11H9BrN2O2. The summed E-state index contributed by atoms with van der Waals surface area (Å²) in [7, 11) is 0. The fourth-order valence-corrected chi connectivity index (χ4v) is 3.16. The van der Waals surface area contributed by atoms with Crippen molar-refractivity contribution in [2.24, 2.45) is 0 Å². The summed E-state index contributed by atoms with van der Waals surface area (Å²) in [5.41, 5.74) is 1.22. The summed E-state index contributed by atoms with van der Waals surface area (Å²) >= 11 is 3.20. The van der Waals surface area contributed by atoms with Crippen LogP contribution in [0, 0.1) is 0 Å². The van der Waals surface area contributed by atoms with Crippen molar-refractivity contribution in [1.82, 2.24) is 9.24 Å². The van der Waals surface area contributed by atoms with Crippen LogP contribution >= 0.6 is 16.1 Å². The van der Waals surface area contributed by atoms with Crippen molar-refractivity contribution in [3.63, 3.8) is 0 Å². The van der Waals surface area contributed by atoms with Crippen LogP contribution in [0.25, 0.3) is 0 Å². The lowest BCUT2D eigenvalue weighted by atomic mass is 9.92. The first-order valence-corrected chi connectivity index (χ1v) is 5.77. The molecule has 3 amide bonds. The van der Waals surface area contributed by atoms with Crippen LogP contribution in [0.15, 0.2) is 24.3 Å². The Morgan fingerprint density at radius 3 is 2.75 bits per heavy atom. The number of imide groups is 1. The van der Waals surface area contributed by atoms with Crippen LogP contribution in [0.3, 0.4) is 0 Å². The molecule has 1 fully saturated rings. The second-order valence-electron chi connectivity index (χ2n) is 4.06. The number of fused-ring (bicyclic) bond motifs is 2. The minimum absolute atomic E-state index is 0.237. The zero-order chi connectivity index (χ0) is 11.3. The van der Waals surface area contributed by atoms with E-state index in [1.54, 1.807) is 0 Å². The number of hydrogen-bond acceptors (Lipinski definition) is 2. The van der Waals surface area contributed by atoms with Gasteiger partial charge in [-0.25, -0.2) is 8.72 Å². The maximum absolute atomic E-state index is 12.0. The number of urea groups is 1. The third-order valence-corrected chi connectivity index (χ3v) is 4.26. The molecule has 1 N–H and O–H groups in total. The number of nitrogens with zero attached hydrogens (tertiary/aromatic N) is 1. The summed E-state index contributed by atoms with van der Waals surface area (Å²) in [6.07, 6.45) is 1.45. The molecule has 0 bridgehead atoms. The third kappa shape index (κ3) is 0.988. The van der Waals surface area contributed by atoms with Gasteiger partial charge < -0.3 is 0 Å². The Morgan fingerprint density at radius 2 is 2.06 bits per heavy atom. The fraction of sp³-hybridized carbons (Fsp3) is 0.273. The Bertz CT molecular complexity index is 503. The Kier molecular flexibility index (Phi) is 1.89. The average Bonchev–Trinajstić information content (AvgIpc) is 2.77. The molecule has 3 rings (SSSR count). The number of aryl methyl sites for hydroxylation is 1. The van der Waals surface area contributed by atoms with Gasteiger partial charge in [-0.2, -0.15) is 0 Å². The van der Waals surface area contributed by atoms with Crippen molar-refractivity contribution in [2.75, 3.05) is 0 Å². The van der Waals surface area contributed by atoms with E-state index in [0.29, 0.717) is 6.42 Å². The van der Waals surface area contributed by atoms with E-state index in [0.717, 1.165) is 17.5 Å². The molecule has 0 aromatic heterocycles. The van der Waals surface area contributed by atoms with E-state index in [1.165, 1.54) is 3.93 Å². The first kappa shape index (κ1) is 9.84. The third-order valence-electron chi connectivity index (χ3n) is 3.33. The van der Waals surface area contributed by atoms with Gasteiger partial charge in [0.25, 0.3) is 5.91 Å². The van der Waals surface area contributed by atoms with Gasteiger partial charge in [0.2, 0.25) is 0 Å². The van der Waals surface area contributed by atoms with E-state index in [4.69, 9.17) is 0 Å².